The Kier molecular flexibility index (Phi) is 10.5. The highest BCUT2D eigenvalue weighted by Gasteiger charge is 2.27. The van der Waals surface area contributed by atoms with Gasteiger partial charge in [-0.05, 0) is 63.1 Å². The zero-order valence-electron chi connectivity index (χ0n) is 19.7. The summed E-state index contributed by atoms with van der Waals surface area (Å²) in [5.41, 5.74) is 1.93. The molecule has 0 spiro atoms. The Bertz CT molecular complexity index is 986. The molecule has 0 bridgehead atoms. The molecule has 0 aliphatic heterocycles. The van der Waals surface area contributed by atoms with E-state index >= 15 is 0 Å². The summed E-state index contributed by atoms with van der Waals surface area (Å²) in [4.78, 5) is 27.3. The summed E-state index contributed by atoms with van der Waals surface area (Å²) in [6.07, 6.45) is 6.48. The zero-order chi connectivity index (χ0) is 24.5. The highest BCUT2D eigenvalue weighted by atomic mass is 35.5. The molecule has 2 amide bonds. The van der Waals surface area contributed by atoms with Crippen molar-refractivity contribution < 1.29 is 19.1 Å². The molecule has 0 fully saturated rings. The molecule has 0 atom stereocenters. The molecular formula is C25H32Cl2N2O4S. The van der Waals surface area contributed by atoms with E-state index in [2.05, 4.69) is 17.6 Å². The minimum absolute atomic E-state index is 0.165. The van der Waals surface area contributed by atoms with Gasteiger partial charge in [-0.3, -0.25) is 9.59 Å². The molecule has 1 heterocycles. The van der Waals surface area contributed by atoms with Crippen LogP contribution in [0.1, 0.15) is 77.1 Å². The number of fused-ring (bicyclic) bond motifs is 1. The highest BCUT2D eigenvalue weighted by molar-refractivity contribution is 7.17. The Morgan fingerprint density at radius 3 is 2.47 bits per heavy atom. The van der Waals surface area contributed by atoms with Crippen LogP contribution in [0.5, 0.6) is 5.75 Å². The van der Waals surface area contributed by atoms with E-state index in [1.165, 1.54) is 11.3 Å². The molecular weight excluding hydrogens is 495 g/mol. The number of nitrogens with one attached hydrogen (secondary N) is 2. The summed E-state index contributed by atoms with van der Waals surface area (Å²) in [5, 5.41) is 7.05. The van der Waals surface area contributed by atoms with E-state index in [-0.39, 0.29) is 21.9 Å². The molecule has 0 radical (unpaired) electrons. The fourth-order valence-electron chi connectivity index (χ4n) is 3.83. The summed E-state index contributed by atoms with van der Waals surface area (Å²) in [6, 6.07) is 3.09. The van der Waals surface area contributed by atoms with Gasteiger partial charge in [-0.1, -0.05) is 36.5 Å². The Morgan fingerprint density at radius 1 is 1.03 bits per heavy atom. The number of hydrogen-bond donors (Lipinski definition) is 2. The van der Waals surface area contributed by atoms with Crippen molar-refractivity contribution in [1.29, 1.82) is 0 Å². The monoisotopic (exact) mass is 526 g/mol. The predicted octanol–water partition coefficient (Wildman–Crippen LogP) is 6.52. The SMILES string of the molecule is CCCCOc1c(Cl)cc(C(=O)Nc2sc3c(c2C(=O)NCCCOCC)CCCC3)cc1Cl. The van der Waals surface area contributed by atoms with E-state index in [0.29, 0.717) is 48.2 Å². The van der Waals surface area contributed by atoms with Crippen molar-refractivity contribution in [2.24, 2.45) is 0 Å². The molecule has 0 saturated heterocycles. The summed E-state index contributed by atoms with van der Waals surface area (Å²) in [6.45, 7) is 6.28. The van der Waals surface area contributed by atoms with Gasteiger partial charge in [0.05, 0.1) is 22.2 Å². The normalized spacial score (nSPS) is 12.8. The molecule has 1 aliphatic carbocycles. The Labute approximate surface area is 215 Å². The van der Waals surface area contributed by atoms with Gasteiger partial charge in [0, 0.05) is 30.2 Å². The molecule has 9 heteroatoms. The molecule has 1 aromatic carbocycles. The molecule has 186 valence electrons. The van der Waals surface area contributed by atoms with Crippen molar-refractivity contribution in [1.82, 2.24) is 5.32 Å². The third-order valence-electron chi connectivity index (χ3n) is 5.59. The number of ether oxygens (including phenoxy) is 2. The van der Waals surface area contributed by atoms with Crippen LogP contribution in [0.3, 0.4) is 0 Å². The molecule has 2 N–H and O–H groups in total. The van der Waals surface area contributed by atoms with E-state index < -0.39 is 0 Å². The topological polar surface area (TPSA) is 76.7 Å². The van der Waals surface area contributed by atoms with Crippen LogP contribution in [-0.4, -0.2) is 38.2 Å². The lowest BCUT2D eigenvalue weighted by Crippen LogP contribution is -2.27. The first-order valence-corrected chi connectivity index (χ1v) is 13.5. The largest absolute Gasteiger partial charge is 0.490 e. The van der Waals surface area contributed by atoms with E-state index in [1.807, 2.05) is 6.92 Å². The first-order valence-electron chi connectivity index (χ1n) is 11.9. The Balaban J connectivity index is 1.77. The highest BCUT2D eigenvalue weighted by Crippen LogP contribution is 2.39. The van der Waals surface area contributed by atoms with E-state index in [9.17, 15) is 9.59 Å². The summed E-state index contributed by atoms with van der Waals surface area (Å²) in [7, 11) is 0. The van der Waals surface area contributed by atoms with Gasteiger partial charge in [0.2, 0.25) is 0 Å². The number of carbonyl (C=O) groups is 2. The minimum atomic E-state index is -0.368. The maximum atomic E-state index is 13.1. The predicted molar refractivity (Wildman–Crippen MR) is 139 cm³/mol. The Morgan fingerprint density at radius 2 is 1.76 bits per heavy atom. The third kappa shape index (κ3) is 6.87. The van der Waals surface area contributed by atoms with Crippen LogP contribution in [0.15, 0.2) is 12.1 Å². The molecule has 0 saturated carbocycles. The number of anilines is 1. The molecule has 0 unspecified atom stereocenters. The number of benzene rings is 1. The number of carbonyl (C=O) groups excluding carboxylic acids is 2. The molecule has 6 nitrogen and oxygen atoms in total. The van der Waals surface area contributed by atoms with Gasteiger partial charge >= 0.3 is 0 Å². The molecule has 1 aromatic heterocycles. The maximum Gasteiger partial charge on any atom is 0.256 e. The van der Waals surface area contributed by atoms with Gasteiger partial charge in [0.25, 0.3) is 11.8 Å². The van der Waals surface area contributed by atoms with Crippen molar-refractivity contribution in [2.75, 3.05) is 31.7 Å². The number of unbranched alkanes of at least 4 members (excludes halogenated alkanes) is 1. The second-order valence-corrected chi connectivity index (χ2v) is 10.1. The van der Waals surface area contributed by atoms with Crippen molar-refractivity contribution in [3.8, 4) is 5.75 Å². The molecule has 2 aromatic rings. The first-order chi connectivity index (χ1) is 16.5. The van der Waals surface area contributed by atoms with E-state index in [1.54, 1.807) is 12.1 Å². The Hall–Kier alpha value is -1.80. The van der Waals surface area contributed by atoms with Crippen molar-refractivity contribution in [3.63, 3.8) is 0 Å². The van der Waals surface area contributed by atoms with Crippen LogP contribution in [0, 0.1) is 0 Å². The lowest BCUT2D eigenvalue weighted by atomic mass is 9.95. The number of thiophene rings is 1. The maximum absolute atomic E-state index is 13.1. The van der Waals surface area contributed by atoms with E-state index in [4.69, 9.17) is 32.7 Å². The van der Waals surface area contributed by atoms with Gasteiger partial charge < -0.3 is 20.1 Å². The number of rotatable bonds is 12. The van der Waals surface area contributed by atoms with Gasteiger partial charge in [-0.25, -0.2) is 0 Å². The minimum Gasteiger partial charge on any atom is -0.490 e. The molecule has 1 aliphatic rings. The second kappa shape index (κ2) is 13.3. The standard InChI is InChI=1S/C25H32Cl2N2O4S/c1-3-5-13-33-22-18(26)14-16(15-19(22)27)23(30)29-25-21(17-9-6-7-10-20(17)34-25)24(31)28-11-8-12-32-4-2/h14-15H,3-13H2,1-2H3,(H,28,31)(H,29,30). The van der Waals surface area contributed by atoms with Crippen molar-refractivity contribution in [2.45, 2.75) is 58.8 Å². The van der Waals surface area contributed by atoms with Crippen LogP contribution in [0.2, 0.25) is 10.0 Å². The van der Waals surface area contributed by atoms with Crippen molar-refractivity contribution in [3.05, 3.63) is 43.7 Å². The summed E-state index contributed by atoms with van der Waals surface area (Å²) < 4.78 is 11.0. The van der Waals surface area contributed by atoms with Crippen LogP contribution >= 0.6 is 34.5 Å². The fraction of sp³-hybridized carbons (Fsp3) is 0.520. The summed E-state index contributed by atoms with van der Waals surface area (Å²) >= 11 is 14.2. The van der Waals surface area contributed by atoms with Gasteiger partial charge in [-0.2, -0.15) is 0 Å². The zero-order valence-corrected chi connectivity index (χ0v) is 22.1. The average molecular weight is 528 g/mol. The van der Waals surface area contributed by atoms with Crippen LogP contribution in [0.4, 0.5) is 5.00 Å². The second-order valence-electron chi connectivity index (χ2n) is 8.15. The van der Waals surface area contributed by atoms with Crippen LogP contribution in [0.25, 0.3) is 0 Å². The summed E-state index contributed by atoms with van der Waals surface area (Å²) in [5.74, 6) is -0.151. The lowest BCUT2D eigenvalue weighted by molar-refractivity contribution is 0.0944. The van der Waals surface area contributed by atoms with Gasteiger partial charge in [0.1, 0.15) is 5.00 Å². The smallest absolute Gasteiger partial charge is 0.256 e. The quantitative estimate of drug-likeness (QED) is 0.308. The van der Waals surface area contributed by atoms with Crippen molar-refractivity contribution >= 4 is 51.4 Å². The van der Waals surface area contributed by atoms with E-state index in [0.717, 1.165) is 55.4 Å². The van der Waals surface area contributed by atoms with Gasteiger partial charge in [0.15, 0.2) is 5.75 Å². The van der Waals surface area contributed by atoms with Crippen LogP contribution in [-0.2, 0) is 17.6 Å². The average Bonchev–Trinajstić information content (AvgIpc) is 3.18. The number of hydrogen-bond acceptors (Lipinski definition) is 5. The van der Waals surface area contributed by atoms with Crippen LogP contribution < -0.4 is 15.4 Å². The molecule has 3 rings (SSSR count). The molecule has 34 heavy (non-hydrogen) atoms. The lowest BCUT2D eigenvalue weighted by Gasteiger charge is -2.14. The third-order valence-corrected chi connectivity index (χ3v) is 7.35. The number of amides is 2. The number of halogens is 2. The van der Waals surface area contributed by atoms with Gasteiger partial charge in [-0.15, -0.1) is 11.3 Å². The number of aryl methyl sites for hydroxylation is 1. The first kappa shape index (κ1) is 26.8. The fourth-order valence-corrected chi connectivity index (χ4v) is 5.70.